The Morgan fingerprint density at radius 1 is 0.653 bits per heavy atom. The van der Waals surface area contributed by atoms with Gasteiger partial charge in [-0.1, -0.05) is 96.8 Å². The number of amides is 1. The Labute approximate surface area is 295 Å². The molecule has 1 heterocycles. The highest BCUT2D eigenvalue weighted by Crippen LogP contribution is 2.34. The van der Waals surface area contributed by atoms with Crippen molar-refractivity contribution >= 4 is 47.5 Å². The standard InChI is InChI=1S/C35H59NO12S/c1-6-7-8-9-10-11-12-13-14-15-16-17-18-19-20-21-30(41)36-28(34(42)43)23-49-35-33(47-27(5)40)32(46-26(4)39)31(45-25(3)38)29(48-35)22-44-24(2)37/h28-29,31-33,35H,6-23H2,1-5H3,(H,36,41)(H,42,43)/t28?,29-,31+,32+,33-,35?/m1/s1. The number of unbranched alkanes of at least 4 members (excludes halogenated alkanes) is 14. The highest BCUT2D eigenvalue weighted by atomic mass is 32.2. The highest BCUT2D eigenvalue weighted by Gasteiger charge is 2.52. The topological polar surface area (TPSA) is 181 Å². The molecule has 2 N–H and O–H groups in total. The van der Waals surface area contributed by atoms with E-state index in [9.17, 15) is 33.9 Å². The summed E-state index contributed by atoms with van der Waals surface area (Å²) in [6.45, 7) is 6.36. The van der Waals surface area contributed by atoms with Crippen molar-refractivity contribution in [1.29, 1.82) is 0 Å². The predicted octanol–water partition coefficient (Wildman–Crippen LogP) is 5.63. The first-order valence-electron chi connectivity index (χ1n) is 17.8. The first-order valence-corrected chi connectivity index (χ1v) is 18.8. The van der Waals surface area contributed by atoms with E-state index >= 15 is 0 Å². The Morgan fingerprint density at radius 2 is 1.10 bits per heavy atom. The molecular formula is C35H59NO12S. The van der Waals surface area contributed by atoms with E-state index in [2.05, 4.69) is 12.2 Å². The minimum Gasteiger partial charge on any atom is -0.480 e. The normalized spacial score (nSPS) is 20.9. The van der Waals surface area contributed by atoms with Gasteiger partial charge in [0.2, 0.25) is 5.91 Å². The van der Waals surface area contributed by atoms with E-state index in [1.165, 1.54) is 77.6 Å². The number of thioether (sulfide) groups is 1. The van der Waals surface area contributed by atoms with Gasteiger partial charge >= 0.3 is 29.8 Å². The number of aliphatic carboxylic acids is 1. The maximum absolute atomic E-state index is 12.6. The lowest BCUT2D eigenvalue weighted by atomic mass is 9.99. The average molecular weight is 718 g/mol. The number of carbonyl (C=O) groups excluding carboxylic acids is 5. The van der Waals surface area contributed by atoms with E-state index in [0.717, 1.165) is 51.8 Å². The van der Waals surface area contributed by atoms with Crippen molar-refractivity contribution in [3.8, 4) is 0 Å². The van der Waals surface area contributed by atoms with Gasteiger partial charge in [-0.15, -0.1) is 11.8 Å². The lowest BCUT2D eigenvalue weighted by Gasteiger charge is -2.44. The summed E-state index contributed by atoms with van der Waals surface area (Å²) in [7, 11) is 0. The molecule has 13 nitrogen and oxygen atoms in total. The molecule has 2 unspecified atom stereocenters. The molecule has 49 heavy (non-hydrogen) atoms. The first kappa shape index (κ1) is 44.2. The molecule has 0 aliphatic carbocycles. The highest BCUT2D eigenvalue weighted by molar-refractivity contribution is 7.99. The van der Waals surface area contributed by atoms with E-state index in [1.54, 1.807) is 0 Å². The molecule has 0 aromatic carbocycles. The second-order valence-electron chi connectivity index (χ2n) is 12.6. The summed E-state index contributed by atoms with van der Waals surface area (Å²) in [5, 5.41) is 12.4. The second kappa shape index (κ2) is 26.0. The van der Waals surface area contributed by atoms with Crippen LogP contribution in [-0.2, 0) is 52.5 Å². The molecule has 1 rings (SSSR count). The Bertz CT molecular complexity index is 1020. The Hall–Kier alpha value is -2.87. The lowest BCUT2D eigenvalue weighted by molar-refractivity contribution is -0.237. The summed E-state index contributed by atoms with van der Waals surface area (Å²) in [6, 6.07) is -1.30. The van der Waals surface area contributed by atoms with E-state index in [0.29, 0.717) is 6.42 Å². The minimum atomic E-state index is -1.36. The van der Waals surface area contributed by atoms with Crippen LogP contribution in [0.5, 0.6) is 0 Å². The molecule has 6 atom stereocenters. The monoisotopic (exact) mass is 717 g/mol. The summed E-state index contributed by atoms with van der Waals surface area (Å²) in [4.78, 5) is 72.2. The zero-order valence-corrected chi connectivity index (χ0v) is 30.9. The molecule has 282 valence electrons. The van der Waals surface area contributed by atoms with Gasteiger partial charge in [0.25, 0.3) is 0 Å². The fourth-order valence-electron chi connectivity index (χ4n) is 5.61. The fourth-order valence-corrected chi connectivity index (χ4v) is 6.84. The Morgan fingerprint density at radius 3 is 1.55 bits per heavy atom. The van der Waals surface area contributed by atoms with Crippen LogP contribution in [0.15, 0.2) is 0 Å². The number of ether oxygens (including phenoxy) is 5. The molecule has 0 radical (unpaired) electrons. The van der Waals surface area contributed by atoms with Crippen molar-refractivity contribution in [1.82, 2.24) is 5.32 Å². The third-order valence-corrected chi connectivity index (χ3v) is 9.25. The van der Waals surface area contributed by atoms with E-state index in [-0.39, 0.29) is 12.2 Å². The van der Waals surface area contributed by atoms with Crippen LogP contribution < -0.4 is 5.32 Å². The lowest BCUT2D eigenvalue weighted by Crippen LogP contribution is -2.61. The smallest absolute Gasteiger partial charge is 0.327 e. The summed E-state index contributed by atoms with van der Waals surface area (Å²) in [6.07, 6.45) is 13.0. The predicted molar refractivity (Wildman–Crippen MR) is 184 cm³/mol. The third kappa shape index (κ3) is 20.4. The zero-order chi connectivity index (χ0) is 36.6. The number of rotatable bonds is 26. The van der Waals surface area contributed by atoms with Crippen molar-refractivity contribution in [2.45, 2.75) is 173 Å². The van der Waals surface area contributed by atoms with Crippen molar-refractivity contribution in [2.24, 2.45) is 0 Å². The summed E-state index contributed by atoms with van der Waals surface area (Å²) in [5.74, 6) is -4.81. The molecule has 1 amide bonds. The SMILES string of the molecule is CCCCCCCCCCCCCCCCCC(=O)NC(CSC1O[C@H](COC(C)=O)[C@H](OC(C)=O)[C@H](OC(C)=O)[C@H]1OC(C)=O)C(=O)O. The third-order valence-electron chi connectivity index (χ3n) is 8.02. The number of nitrogens with one attached hydrogen (secondary N) is 1. The number of hydrogen-bond acceptors (Lipinski definition) is 12. The molecule has 1 fully saturated rings. The van der Waals surface area contributed by atoms with Gasteiger partial charge in [-0.2, -0.15) is 0 Å². The molecule has 1 aliphatic heterocycles. The van der Waals surface area contributed by atoms with Gasteiger partial charge in [0.15, 0.2) is 18.3 Å². The Kier molecular flexibility index (Phi) is 23.4. The van der Waals surface area contributed by atoms with Gasteiger partial charge in [0.05, 0.1) is 0 Å². The van der Waals surface area contributed by atoms with Crippen LogP contribution in [-0.4, -0.2) is 89.1 Å². The number of esters is 4. The van der Waals surface area contributed by atoms with Crippen LogP contribution in [0.25, 0.3) is 0 Å². The summed E-state index contributed by atoms with van der Waals surface area (Å²) < 4.78 is 27.2. The van der Waals surface area contributed by atoms with Crippen molar-refractivity contribution < 1.29 is 57.6 Å². The molecule has 1 aliphatic rings. The van der Waals surface area contributed by atoms with Crippen LogP contribution >= 0.6 is 11.8 Å². The van der Waals surface area contributed by atoms with Crippen LogP contribution in [0.4, 0.5) is 0 Å². The fraction of sp³-hybridized carbons (Fsp3) is 0.829. The minimum absolute atomic E-state index is 0.186. The number of hydrogen-bond donors (Lipinski definition) is 2. The largest absolute Gasteiger partial charge is 0.480 e. The molecule has 0 spiro atoms. The van der Waals surface area contributed by atoms with E-state index in [1.807, 2.05) is 0 Å². The van der Waals surface area contributed by atoms with Crippen LogP contribution in [0.1, 0.15) is 137 Å². The number of carbonyl (C=O) groups is 6. The molecule has 0 bridgehead atoms. The molecule has 0 saturated carbocycles. The zero-order valence-electron chi connectivity index (χ0n) is 30.0. The summed E-state index contributed by atoms with van der Waals surface area (Å²) >= 11 is 0.898. The Balaban J connectivity index is 2.63. The maximum atomic E-state index is 12.6. The van der Waals surface area contributed by atoms with Crippen LogP contribution in [0.2, 0.25) is 0 Å². The van der Waals surface area contributed by atoms with Crippen LogP contribution in [0, 0.1) is 0 Å². The molecular weight excluding hydrogens is 658 g/mol. The van der Waals surface area contributed by atoms with Crippen molar-refractivity contribution in [2.75, 3.05) is 12.4 Å². The molecule has 0 aromatic rings. The molecule has 0 aromatic heterocycles. The second-order valence-corrected chi connectivity index (χ2v) is 13.7. The van der Waals surface area contributed by atoms with Crippen molar-refractivity contribution in [3.05, 3.63) is 0 Å². The van der Waals surface area contributed by atoms with Gasteiger partial charge in [0.1, 0.15) is 24.2 Å². The van der Waals surface area contributed by atoms with Gasteiger partial charge in [0, 0.05) is 39.9 Å². The first-order chi connectivity index (χ1) is 23.3. The number of carboxylic acids is 1. The van der Waals surface area contributed by atoms with Crippen molar-refractivity contribution in [3.63, 3.8) is 0 Å². The molecule has 14 heteroatoms. The van der Waals surface area contributed by atoms with E-state index in [4.69, 9.17) is 23.7 Å². The maximum Gasteiger partial charge on any atom is 0.327 e. The number of carboxylic acid groups (broad SMARTS) is 1. The van der Waals surface area contributed by atoms with Gasteiger partial charge in [-0.05, 0) is 6.42 Å². The van der Waals surface area contributed by atoms with E-state index < -0.39 is 78.3 Å². The van der Waals surface area contributed by atoms with Crippen LogP contribution in [0.3, 0.4) is 0 Å². The van der Waals surface area contributed by atoms with Gasteiger partial charge < -0.3 is 34.1 Å². The van der Waals surface area contributed by atoms with Gasteiger partial charge in [-0.3, -0.25) is 24.0 Å². The average Bonchev–Trinajstić information content (AvgIpc) is 3.01. The summed E-state index contributed by atoms with van der Waals surface area (Å²) in [5.41, 5.74) is -1.14. The molecule has 1 saturated heterocycles. The van der Waals surface area contributed by atoms with Gasteiger partial charge in [-0.25, -0.2) is 4.79 Å². The quantitative estimate of drug-likeness (QED) is 0.0639.